The second-order valence-electron chi connectivity index (χ2n) is 8.89. The maximum atomic E-state index is 13.0. The molecule has 35 heavy (non-hydrogen) atoms. The average Bonchev–Trinajstić information content (AvgIpc) is 2.84. The van der Waals surface area contributed by atoms with E-state index >= 15 is 0 Å². The topological polar surface area (TPSA) is 123 Å². The van der Waals surface area contributed by atoms with Crippen LogP contribution in [0.2, 0.25) is 0 Å². The predicted octanol–water partition coefficient (Wildman–Crippen LogP) is 4.57. The highest BCUT2D eigenvalue weighted by molar-refractivity contribution is 6.11. The molecule has 0 aliphatic rings. The van der Waals surface area contributed by atoms with Crippen LogP contribution in [0.3, 0.4) is 0 Å². The number of nitrogens with two attached hydrogens (primary N) is 1. The van der Waals surface area contributed by atoms with Crippen molar-refractivity contribution in [1.29, 1.82) is 0 Å². The largest absolute Gasteiger partial charge is 0.465 e. The molecule has 0 aliphatic carbocycles. The van der Waals surface area contributed by atoms with Crippen LogP contribution in [0.4, 0.5) is 11.4 Å². The van der Waals surface area contributed by atoms with E-state index in [2.05, 4.69) is 36.5 Å². The number of ether oxygens (including phenoxy) is 1. The number of methoxy groups -OCH3 is 1. The number of anilines is 2. The Kier molecular flexibility index (Phi) is 7.66. The van der Waals surface area contributed by atoms with Crippen molar-refractivity contribution < 1.29 is 19.1 Å². The van der Waals surface area contributed by atoms with Crippen LogP contribution in [-0.4, -0.2) is 31.1 Å². The summed E-state index contributed by atoms with van der Waals surface area (Å²) in [7, 11) is 1.27. The van der Waals surface area contributed by atoms with E-state index in [4.69, 9.17) is 10.6 Å². The van der Waals surface area contributed by atoms with E-state index in [1.165, 1.54) is 31.5 Å². The summed E-state index contributed by atoms with van der Waals surface area (Å²) in [6, 6.07) is 18.5. The molecule has 180 valence electrons. The first kappa shape index (κ1) is 25.2. The molecular weight excluding hydrogens is 444 g/mol. The van der Waals surface area contributed by atoms with Gasteiger partial charge in [0.25, 0.3) is 11.8 Å². The third kappa shape index (κ3) is 6.32. The van der Waals surface area contributed by atoms with Crippen molar-refractivity contribution in [1.82, 2.24) is 0 Å². The van der Waals surface area contributed by atoms with Gasteiger partial charge in [-0.05, 0) is 59.0 Å². The van der Waals surface area contributed by atoms with Crippen molar-refractivity contribution >= 4 is 35.4 Å². The van der Waals surface area contributed by atoms with Crippen LogP contribution < -0.4 is 16.5 Å². The summed E-state index contributed by atoms with van der Waals surface area (Å²) in [6.07, 6.45) is 1.43. The quantitative estimate of drug-likeness (QED) is 0.210. The molecule has 0 unspecified atom stereocenters. The number of esters is 1. The third-order valence-corrected chi connectivity index (χ3v) is 5.32. The molecule has 2 amide bonds. The summed E-state index contributed by atoms with van der Waals surface area (Å²) >= 11 is 0. The SMILES string of the molecule is COC(=O)c1ccc(NC(=O)c2cccc(C=NN)c2)c(NC(=O)c2ccc(C(C)(C)C)cc2)c1. The Balaban J connectivity index is 1.90. The van der Waals surface area contributed by atoms with Gasteiger partial charge in [-0.2, -0.15) is 5.10 Å². The molecule has 3 aromatic rings. The minimum absolute atomic E-state index is 0.0470. The van der Waals surface area contributed by atoms with Gasteiger partial charge in [0.15, 0.2) is 0 Å². The lowest BCUT2D eigenvalue weighted by Crippen LogP contribution is -2.18. The summed E-state index contributed by atoms with van der Waals surface area (Å²) in [5, 5.41) is 9.05. The number of hydrazone groups is 1. The highest BCUT2D eigenvalue weighted by Crippen LogP contribution is 2.26. The molecule has 4 N–H and O–H groups in total. The molecule has 0 bridgehead atoms. The highest BCUT2D eigenvalue weighted by Gasteiger charge is 2.17. The second-order valence-corrected chi connectivity index (χ2v) is 8.89. The van der Waals surface area contributed by atoms with Gasteiger partial charge >= 0.3 is 5.97 Å². The van der Waals surface area contributed by atoms with Crippen LogP contribution in [0.1, 0.15) is 63.0 Å². The number of hydrogen-bond donors (Lipinski definition) is 3. The molecule has 8 nitrogen and oxygen atoms in total. The maximum absolute atomic E-state index is 13.0. The summed E-state index contributed by atoms with van der Waals surface area (Å²) in [6.45, 7) is 6.27. The van der Waals surface area contributed by atoms with Crippen molar-refractivity contribution in [3.8, 4) is 0 Å². The maximum Gasteiger partial charge on any atom is 0.337 e. The Morgan fingerprint density at radius 2 is 1.46 bits per heavy atom. The lowest BCUT2D eigenvalue weighted by atomic mass is 9.87. The molecule has 0 saturated heterocycles. The number of hydrogen-bond acceptors (Lipinski definition) is 6. The van der Waals surface area contributed by atoms with E-state index in [1.54, 1.807) is 36.4 Å². The van der Waals surface area contributed by atoms with Gasteiger partial charge in [0.2, 0.25) is 0 Å². The fourth-order valence-corrected chi connectivity index (χ4v) is 3.36. The summed E-state index contributed by atoms with van der Waals surface area (Å²) < 4.78 is 4.79. The monoisotopic (exact) mass is 472 g/mol. The van der Waals surface area contributed by atoms with Crippen LogP contribution in [0.25, 0.3) is 0 Å². The first-order valence-corrected chi connectivity index (χ1v) is 10.9. The molecule has 0 radical (unpaired) electrons. The smallest absolute Gasteiger partial charge is 0.337 e. The number of carbonyl (C=O) groups is 3. The first-order chi connectivity index (χ1) is 16.6. The second kappa shape index (κ2) is 10.6. The van der Waals surface area contributed by atoms with E-state index in [0.29, 0.717) is 22.4 Å². The van der Waals surface area contributed by atoms with Gasteiger partial charge in [-0.3, -0.25) is 9.59 Å². The number of rotatable bonds is 6. The van der Waals surface area contributed by atoms with Crippen LogP contribution in [0.5, 0.6) is 0 Å². The van der Waals surface area contributed by atoms with Gasteiger partial charge in [-0.15, -0.1) is 0 Å². The molecule has 0 spiro atoms. The number of amides is 2. The van der Waals surface area contributed by atoms with E-state index in [0.717, 1.165) is 5.56 Å². The van der Waals surface area contributed by atoms with Crippen LogP contribution in [0.15, 0.2) is 71.8 Å². The molecule has 0 aliphatic heterocycles. The highest BCUT2D eigenvalue weighted by atomic mass is 16.5. The third-order valence-electron chi connectivity index (χ3n) is 5.32. The van der Waals surface area contributed by atoms with Crippen molar-refractivity contribution in [3.63, 3.8) is 0 Å². The first-order valence-electron chi connectivity index (χ1n) is 10.9. The van der Waals surface area contributed by atoms with Crippen molar-refractivity contribution in [3.05, 3.63) is 94.5 Å². The number of benzene rings is 3. The molecule has 3 aromatic carbocycles. The standard InChI is InChI=1S/C27H28N4O4/c1-27(2,3)21-11-8-18(9-12-21)24(32)31-23-15-20(26(34)35-4)10-13-22(23)30-25(33)19-7-5-6-17(14-19)16-29-28/h5-16H,28H2,1-4H3,(H,30,33)(H,31,32). The van der Waals surface area contributed by atoms with E-state index in [9.17, 15) is 14.4 Å². The minimum Gasteiger partial charge on any atom is -0.465 e. The van der Waals surface area contributed by atoms with Crippen molar-refractivity contribution in [2.75, 3.05) is 17.7 Å². The zero-order chi connectivity index (χ0) is 25.6. The molecule has 0 fully saturated rings. The number of nitrogens with zero attached hydrogens (tertiary/aromatic N) is 1. The Bertz CT molecular complexity index is 1280. The molecule has 0 heterocycles. The molecule has 3 rings (SSSR count). The van der Waals surface area contributed by atoms with Crippen molar-refractivity contribution in [2.24, 2.45) is 10.9 Å². The zero-order valence-electron chi connectivity index (χ0n) is 20.1. The van der Waals surface area contributed by atoms with Crippen LogP contribution in [-0.2, 0) is 10.2 Å². The van der Waals surface area contributed by atoms with Gasteiger partial charge in [-0.1, -0.05) is 45.0 Å². The number of carbonyl (C=O) groups excluding carboxylic acids is 3. The molecule has 8 heteroatoms. The van der Waals surface area contributed by atoms with Gasteiger partial charge in [0.05, 0.1) is 30.3 Å². The van der Waals surface area contributed by atoms with E-state index in [1.807, 2.05) is 12.1 Å². The average molecular weight is 473 g/mol. The fraction of sp³-hybridized carbons (Fsp3) is 0.185. The van der Waals surface area contributed by atoms with Crippen LogP contribution >= 0.6 is 0 Å². The van der Waals surface area contributed by atoms with Gasteiger partial charge < -0.3 is 21.2 Å². The Hall–Kier alpha value is -4.46. The summed E-state index contributed by atoms with van der Waals surface area (Å²) in [5.41, 5.74) is 3.32. The van der Waals surface area contributed by atoms with Gasteiger partial charge in [0, 0.05) is 11.1 Å². The van der Waals surface area contributed by atoms with Gasteiger partial charge in [-0.25, -0.2) is 4.79 Å². The Morgan fingerprint density at radius 1 is 0.829 bits per heavy atom. The van der Waals surface area contributed by atoms with Crippen LogP contribution in [0, 0.1) is 0 Å². The normalized spacial score (nSPS) is 11.2. The zero-order valence-corrected chi connectivity index (χ0v) is 20.1. The fourth-order valence-electron chi connectivity index (χ4n) is 3.36. The van der Waals surface area contributed by atoms with Gasteiger partial charge in [0.1, 0.15) is 0 Å². The predicted molar refractivity (Wildman–Crippen MR) is 137 cm³/mol. The molecule has 0 atom stereocenters. The lowest BCUT2D eigenvalue weighted by molar-refractivity contribution is 0.0600. The van der Waals surface area contributed by atoms with E-state index < -0.39 is 11.9 Å². The van der Waals surface area contributed by atoms with Crippen molar-refractivity contribution in [2.45, 2.75) is 26.2 Å². The molecule has 0 aromatic heterocycles. The summed E-state index contributed by atoms with van der Waals surface area (Å²) in [4.78, 5) is 37.9. The minimum atomic E-state index is -0.568. The molecule has 0 saturated carbocycles. The molecular formula is C27H28N4O4. The van der Waals surface area contributed by atoms with E-state index in [-0.39, 0.29) is 22.6 Å². The Labute approximate surface area is 204 Å². The lowest BCUT2D eigenvalue weighted by Gasteiger charge is -2.19. The number of nitrogens with one attached hydrogen (secondary N) is 2. The summed E-state index contributed by atoms with van der Waals surface area (Å²) in [5.74, 6) is 3.83. The Morgan fingerprint density at radius 3 is 2.09 bits per heavy atom.